The molecule has 14 heavy (non-hydrogen) atoms. The first-order valence-electron chi connectivity index (χ1n) is 5.01. The van der Waals surface area contributed by atoms with Gasteiger partial charge in [-0.2, -0.15) is 0 Å². The number of benzene rings is 1. The number of aliphatic hydroxyl groups is 1. The number of aliphatic hydroxyl groups excluding tert-OH is 1. The lowest BCUT2D eigenvalue weighted by Crippen LogP contribution is -2.08. The lowest BCUT2D eigenvalue weighted by atomic mass is 9.86. The Balaban J connectivity index is 2.87. The third-order valence-electron chi connectivity index (χ3n) is 2.52. The van der Waals surface area contributed by atoms with Crippen molar-refractivity contribution >= 4 is 11.6 Å². The van der Waals surface area contributed by atoms with E-state index in [0.717, 1.165) is 11.4 Å². The minimum Gasteiger partial charge on any atom is -0.396 e. The molecule has 1 rings (SSSR count). The monoisotopic (exact) mass is 212 g/mol. The van der Waals surface area contributed by atoms with Gasteiger partial charge >= 0.3 is 0 Å². The highest BCUT2D eigenvalue weighted by molar-refractivity contribution is 6.30. The summed E-state index contributed by atoms with van der Waals surface area (Å²) >= 11 is 5.93. The first-order valence-corrected chi connectivity index (χ1v) is 5.39. The summed E-state index contributed by atoms with van der Waals surface area (Å²) in [6.45, 7) is 4.57. The van der Waals surface area contributed by atoms with Gasteiger partial charge in [0.15, 0.2) is 0 Å². The molecule has 0 amide bonds. The molecule has 0 radical (unpaired) electrons. The molecule has 0 bridgehead atoms. The van der Waals surface area contributed by atoms with E-state index in [4.69, 9.17) is 16.7 Å². The van der Waals surface area contributed by atoms with Gasteiger partial charge in [0, 0.05) is 11.6 Å². The Kier molecular flexibility index (Phi) is 4.43. The van der Waals surface area contributed by atoms with Crippen LogP contribution in [0.15, 0.2) is 24.3 Å². The Morgan fingerprint density at radius 3 is 2.57 bits per heavy atom. The molecule has 0 fully saturated rings. The lowest BCUT2D eigenvalue weighted by Gasteiger charge is -2.20. The van der Waals surface area contributed by atoms with Crippen LogP contribution in [-0.4, -0.2) is 11.7 Å². The maximum atomic E-state index is 8.98. The molecule has 78 valence electrons. The van der Waals surface area contributed by atoms with Crippen LogP contribution in [0, 0.1) is 5.92 Å². The Labute approximate surface area is 90.7 Å². The fraction of sp³-hybridized carbons (Fsp3) is 0.500. The summed E-state index contributed by atoms with van der Waals surface area (Å²) < 4.78 is 0. The van der Waals surface area contributed by atoms with Crippen molar-refractivity contribution in [3.63, 3.8) is 0 Å². The van der Waals surface area contributed by atoms with Crippen LogP contribution < -0.4 is 0 Å². The average molecular weight is 213 g/mol. The van der Waals surface area contributed by atoms with Crippen LogP contribution >= 0.6 is 11.6 Å². The molecule has 1 unspecified atom stereocenters. The third kappa shape index (κ3) is 3.00. The van der Waals surface area contributed by atoms with Gasteiger partial charge in [0.05, 0.1) is 0 Å². The van der Waals surface area contributed by atoms with Crippen molar-refractivity contribution in [1.82, 2.24) is 0 Å². The van der Waals surface area contributed by atoms with Crippen molar-refractivity contribution in [1.29, 1.82) is 0 Å². The predicted molar refractivity (Wildman–Crippen MR) is 60.7 cm³/mol. The topological polar surface area (TPSA) is 20.2 Å². The van der Waals surface area contributed by atoms with Crippen LogP contribution in [-0.2, 0) is 0 Å². The van der Waals surface area contributed by atoms with E-state index in [1.807, 2.05) is 18.2 Å². The van der Waals surface area contributed by atoms with Crippen molar-refractivity contribution in [3.8, 4) is 0 Å². The van der Waals surface area contributed by atoms with E-state index in [-0.39, 0.29) is 6.61 Å². The van der Waals surface area contributed by atoms with Crippen LogP contribution in [0.5, 0.6) is 0 Å². The van der Waals surface area contributed by atoms with Crippen LogP contribution in [0.4, 0.5) is 0 Å². The fourth-order valence-electron chi connectivity index (χ4n) is 1.76. The molecule has 1 aromatic carbocycles. The van der Waals surface area contributed by atoms with Crippen LogP contribution in [0.25, 0.3) is 0 Å². The second-order valence-electron chi connectivity index (χ2n) is 3.92. The van der Waals surface area contributed by atoms with Crippen molar-refractivity contribution in [3.05, 3.63) is 34.9 Å². The van der Waals surface area contributed by atoms with Gasteiger partial charge in [-0.15, -0.1) is 0 Å². The Morgan fingerprint density at radius 1 is 1.36 bits per heavy atom. The molecular formula is C12H17ClO. The first kappa shape index (κ1) is 11.5. The summed E-state index contributed by atoms with van der Waals surface area (Å²) in [5.41, 5.74) is 1.22. The normalized spacial score (nSPS) is 13.2. The van der Waals surface area contributed by atoms with Gasteiger partial charge in [-0.1, -0.05) is 37.6 Å². The van der Waals surface area contributed by atoms with Gasteiger partial charge in [-0.3, -0.25) is 0 Å². The summed E-state index contributed by atoms with van der Waals surface area (Å²) in [6, 6.07) is 7.90. The number of halogens is 1. The Hall–Kier alpha value is -0.530. The van der Waals surface area contributed by atoms with Gasteiger partial charge in [0.1, 0.15) is 0 Å². The SMILES string of the molecule is CC(C)C(CCO)c1cccc(Cl)c1. The van der Waals surface area contributed by atoms with E-state index < -0.39 is 0 Å². The molecule has 0 heterocycles. The van der Waals surface area contributed by atoms with E-state index in [2.05, 4.69) is 19.9 Å². The van der Waals surface area contributed by atoms with Crippen molar-refractivity contribution < 1.29 is 5.11 Å². The minimum absolute atomic E-state index is 0.232. The highest BCUT2D eigenvalue weighted by Gasteiger charge is 2.14. The average Bonchev–Trinajstić information content (AvgIpc) is 2.13. The quantitative estimate of drug-likeness (QED) is 0.811. The van der Waals surface area contributed by atoms with Gasteiger partial charge < -0.3 is 5.11 Å². The van der Waals surface area contributed by atoms with E-state index >= 15 is 0 Å². The van der Waals surface area contributed by atoms with Crippen molar-refractivity contribution in [2.45, 2.75) is 26.2 Å². The second-order valence-corrected chi connectivity index (χ2v) is 4.35. The molecule has 1 nitrogen and oxygen atoms in total. The van der Waals surface area contributed by atoms with Gasteiger partial charge in [0.25, 0.3) is 0 Å². The summed E-state index contributed by atoms with van der Waals surface area (Å²) in [5.74, 6) is 0.930. The largest absolute Gasteiger partial charge is 0.396 e. The van der Waals surface area contributed by atoms with Crippen LogP contribution in [0.2, 0.25) is 5.02 Å². The number of hydrogen-bond acceptors (Lipinski definition) is 1. The molecule has 0 saturated heterocycles. The number of rotatable bonds is 4. The van der Waals surface area contributed by atoms with Crippen molar-refractivity contribution in [2.75, 3.05) is 6.61 Å². The first-order chi connectivity index (χ1) is 6.65. The van der Waals surface area contributed by atoms with E-state index in [1.54, 1.807) is 0 Å². The number of hydrogen-bond donors (Lipinski definition) is 1. The van der Waals surface area contributed by atoms with Crippen LogP contribution in [0.1, 0.15) is 31.7 Å². The van der Waals surface area contributed by atoms with Gasteiger partial charge in [0.2, 0.25) is 0 Å². The van der Waals surface area contributed by atoms with E-state index in [0.29, 0.717) is 11.8 Å². The van der Waals surface area contributed by atoms with Gasteiger partial charge in [-0.25, -0.2) is 0 Å². The summed E-state index contributed by atoms with van der Waals surface area (Å²) in [7, 11) is 0. The molecule has 1 N–H and O–H groups in total. The van der Waals surface area contributed by atoms with E-state index in [1.165, 1.54) is 5.56 Å². The zero-order chi connectivity index (χ0) is 10.6. The highest BCUT2D eigenvalue weighted by Crippen LogP contribution is 2.28. The molecule has 1 atom stereocenters. The fourth-order valence-corrected chi connectivity index (χ4v) is 1.96. The predicted octanol–water partition coefficient (Wildman–Crippen LogP) is 3.46. The van der Waals surface area contributed by atoms with Crippen molar-refractivity contribution in [2.24, 2.45) is 5.92 Å². The molecule has 0 aromatic heterocycles. The highest BCUT2D eigenvalue weighted by atomic mass is 35.5. The minimum atomic E-state index is 0.232. The second kappa shape index (κ2) is 5.38. The van der Waals surface area contributed by atoms with Crippen LogP contribution in [0.3, 0.4) is 0 Å². The molecule has 1 aromatic rings. The summed E-state index contributed by atoms with van der Waals surface area (Å²) in [6.07, 6.45) is 0.804. The summed E-state index contributed by atoms with van der Waals surface area (Å²) in [4.78, 5) is 0. The molecule has 0 aliphatic heterocycles. The molecule has 0 saturated carbocycles. The molecular weight excluding hydrogens is 196 g/mol. The molecule has 0 aliphatic rings. The lowest BCUT2D eigenvalue weighted by molar-refractivity contribution is 0.261. The van der Waals surface area contributed by atoms with Gasteiger partial charge in [-0.05, 0) is 36.0 Å². The molecule has 0 aliphatic carbocycles. The maximum Gasteiger partial charge on any atom is 0.0436 e. The maximum absolute atomic E-state index is 8.98. The smallest absolute Gasteiger partial charge is 0.0436 e. The Morgan fingerprint density at radius 2 is 2.07 bits per heavy atom. The summed E-state index contributed by atoms with van der Waals surface area (Å²) in [5, 5.41) is 9.75. The molecule has 2 heteroatoms. The molecule has 0 spiro atoms. The Bertz CT molecular complexity index is 283. The standard InChI is InChI=1S/C12H17ClO/c1-9(2)12(6-7-14)10-4-3-5-11(13)8-10/h3-5,8-9,12,14H,6-7H2,1-2H3. The zero-order valence-corrected chi connectivity index (χ0v) is 9.46. The third-order valence-corrected chi connectivity index (χ3v) is 2.76. The zero-order valence-electron chi connectivity index (χ0n) is 8.70. The van der Waals surface area contributed by atoms with E-state index in [9.17, 15) is 0 Å².